The largest absolute Gasteiger partial charge is 0.469 e. The standard InChI is InChI=1S/C14H18ClNO5S/c1-8-7-11(15)5-6-12(8)13(17)16-22(19,20)10(3)9(2)14(18)21-4/h5-7,9-10H,1-4H3,(H,16,17)/t9-,10+/m0/s1. The Balaban J connectivity index is 2.96. The van der Waals surface area contributed by atoms with E-state index in [9.17, 15) is 18.0 Å². The SMILES string of the molecule is COC(=O)[C@@H](C)[C@@H](C)S(=O)(=O)NC(=O)c1ccc(Cl)cc1C. The maximum absolute atomic E-state index is 12.2. The van der Waals surface area contributed by atoms with Crippen molar-refractivity contribution < 1.29 is 22.7 Å². The number of halogens is 1. The number of carbonyl (C=O) groups is 2. The molecule has 0 heterocycles. The summed E-state index contributed by atoms with van der Waals surface area (Å²) in [4.78, 5) is 23.5. The minimum absolute atomic E-state index is 0.200. The molecule has 1 N–H and O–H groups in total. The van der Waals surface area contributed by atoms with Gasteiger partial charge in [-0.05, 0) is 37.6 Å². The van der Waals surface area contributed by atoms with E-state index in [0.717, 1.165) is 0 Å². The summed E-state index contributed by atoms with van der Waals surface area (Å²) in [5, 5.41) is -0.666. The van der Waals surface area contributed by atoms with E-state index in [1.165, 1.54) is 33.1 Å². The van der Waals surface area contributed by atoms with E-state index < -0.39 is 33.1 Å². The zero-order valence-electron chi connectivity index (χ0n) is 12.7. The molecule has 0 aliphatic rings. The lowest BCUT2D eigenvalue weighted by molar-refractivity contribution is -0.144. The number of benzene rings is 1. The molecule has 0 radical (unpaired) electrons. The van der Waals surface area contributed by atoms with E-state index in [0.29, 0.717) is 10.6 Å². The van der Waals surface area contributed by atoms with Crippen molar-refractivity contribution in [2.45, 2.75) is 26.0 Å². The second kappa shape index (κ2) is 7.11. The summed E-state index contributed by atoms with van der Waals surface area (Å²) in [6.07, 6.45) is 0. The van der Waals surface area contributed by atoms with Crippen molar-refractivity contribution in [3.63, 3.8) is 0 Å². The molecule has 2 atom stereocenters. The lowest BCUT2D eigenvalue weighted by Gasteiger charge is -2.19. The maximum Gasteiger partial charge on any atom is 0.309 e. The summed E-state index contributed by atoms with van der Waals surface area (Å²) in [7, 11) is -2.85. The second-order valence-corrected chi connectivity index (χ2v) is 7.43. The van der Waals surface area contributed by atoms with Gasteiger partial charge in [0.1, 0.15) is 0 Å². The summed E-state index contributed by atoms with van der Waals surface area (Å²) in [6.45, 7) is 4.41. The average molecular weight is 348 g/mol. The Morgan fingerprint density at radius 1 is 1.27 bits per heavy atom. The highest BCUT2D eigenvalue weighted by Gasteiger charge is 2.33. The lowest BCUT2D eigenvalue weighted by atomic mass is 10.1. The van der Waals surface area contributed by atoms with Crippen molar-refractivity contribution in [1.29, 1.82) is 0 Å². The first-order chi connectivity index (χ1) is 10.1. The number of amides is 1. The number of hydrogen-bond acceptors (Lipinski definition) is 5. The Hall–Kier alpha value is -1.60. The molecule has 8 heteroatoms. The van der Waals surface area contributed by atoms with Crippen LogP contribution in [0.5, 0.6) is 0 Å². The van der Waals surface area contributed by atoms with Crippen LogP contribution in [0.3, 0.4) is 0 Å². The van der Waals surface area contributed by atoms with Gasteiger partial charge in [-0.3, -0.25) is 9.59 Å². The highest BCUT2D eigenvalue weighted by molar-refractivity contribution is 7.90. The smallest absolute Gasteiger partial charge is 0.309 e. The van der Waals surface area contributed by atoms with Gasteiger partial charge in [0, 0.05) is 10.6 Å². The molecule has 122 valence electrons. The molecule has 1 amide bonds. The molecule has 0 unspecified atom stereocenters. The summed E-state index contributed by atoms with van der Waals surface area (Å²) >= 11 is 5.80. The first kappa shape index (κ1) is 18.4. The van der Waals surface area contributed by atoms with Gasteiger partial charge in [-0.25, -0.2) is 13.1 Å². The molecular formula is C14H18ClNO5S. The third-order valence-corrected chi connectivity index (χ3v) is 5.53. The number of aryl methyl sites for hydroxylation is 1. The van der Waals surface area contributed by atoms with E-state index in [4.69, 9.17) is 11.6 Å². The van der Waals surface area contributed by atoms with Crippen LogP contribution in [-0.2, 0) is 19.6 Å². The molecule has 0 fully saturated rings. The van der Waals surface area contributed by atoms with Crippen LogP contribution >= 0.6 is 11.6 Å². The molecule has 0 saturated heterocycles. The molecule has 1 aromatic carbocycles. The van der Waals surface area contributed by atoms with E-state index in [2.05, 4.69) is 4.74 Å². The number of esters is 1. The fourth-order valence-electron chi connectivity index (χ4n) is 1.81. The predicted octanol–water partition coefficient (Wildman–Crippen LogP) is 1.91. The topological polar surface area (TPSA) is 89.5 Å². The molecule has 1 aromatic rings. The second-order valence-electron chi connectivity index (χ2n) is 4.95. The molecule has 0 aliphatic heterocycles. The molecular weight excluding hydrogens is 330 g/mol. The molecule has 0 aliphatic carbocycles. The van der Waals surface area contributed by atoms with Gasteiger partial charge in [0.15, 0.2) is 0 Å². The quantitative estimate of drug-likeness (QED) is 0.822. The Labute approximate surface area is 134 Å². The maximum atomic E-state index is 12.2. The van der Waals surface area contributed by atoms with E-state index in [1.54, 1.807) is 13.0 Å². The fourth-order valence-corrected chi connectivity index (χ4v) is 3.23. The van der Waals surface area contributed by atoms with Crippen molar-refractivity contribution in [3.8, 4) is 0 Å². The van der Waals surface area contributed by atoms with Crippen LogP contribution in [0.1, 0.15) is 29.8 Å². The highest BCUT2D eigenvalue weighted by atomic mass is 35.5. The van der Waals surface area contributed by atoms with Crippen LogP contribution in [-0.4, -0.2) is 32.7 Å². The minimum atomic E-state index is -4.02. The van der Waals surface area contributed by atoms with E-state index in [-0.39, 0.29) is 5.56 Å². The average Bonchev–Trinajstić information content (AvgIpc) is 2.43. The fraction of sp³-hybridized carbons (Fsp3) is 0.429. The summed E-state index contributed by atoms with van der Waals surface area (Å²) in [6, 6.07) is 4.50. The van der Waals surface area contributed by atoms with Crippen molar-refractivity contribution in [2.24, 2.45) is 5.92 Å². The number of ether oxygens (including phenoxy) is 1. The van der Waals surface area contributed by atoms with Crippen molar-refractivity contribution in [1.82, 2.24) is 4.72 Å². The molecule has 6 nitrogen and oxygen atoms in total. The predicted molar refractivity (Wildman–Crippen MR) is 83.2 cm³/mol. The minimum Gasteiger partial charge on any atom is -0.469 e. The van der Waals surface area contributed by atoms with Gasteiger partial charge in [-0.15, -0.1) is 0 Å². The number of carbonyl (C=O) groups excluding carboxylic acids is 2. The zero-order chi connectivity index (χ0) is 17.1. The Morgan fingerprint density at radius 2 is 1.86 bits per heavy atom. The van der Waals surface area contributed by atoms with Gasteiger partial charge < -0.3 is 4.74 Å². The molecule has 1 rings (SSSR count). The highest BCUT2D eigenvalue weighted by Crippen LogP contribution is 2.17. The number of nitrogens with one attached hydrogen (secondary N) is 1. The van der Waals surface area contributed by atoms with Crippen LogP contribution in [0.25, 0.3) is 0 Å². The Morgan fingerprint density at radius 3 is 2.36 bits per heavy atom. The van der Waals surface area contributed by atoms with E-state index >= 15 is 0 Å². The number of rotatable bonds is 5. The lowest BCUT2D eigenvalue weighted by Crippen LogP contribution is -2.42. The first-order valence-corrected chi connectivity index (χ1v) is 8.42. The third-order valence-electron chi connectivity index (χ3n) is 3.43. The summed E-state index contributed by atoms with van der Waals surface area (Å²) in [5.74, 6) is -2.33. The summed E-state index contributed by atoms with van der Waals surface area (Å²) in [5.41, 5.74) is 0.750. The van der Waals surface area contributed by atoms with Crippen molar-refractivity contribution in [2.75, 3.05) is 7.11 Å². The van der Waals surface area contributed by atoms with Crippen molar-refractivity contribution >= 4 is 33.5 Å². The Bertz CT molecular complexity index is 686. The third kappa shape index (κ3) is 4.20. The molecule has 0 bridgehead atoms. The first-order valence-electron chi connectivity index (χ1n) is 6.50. The summed E-state index contributed by atoms with van der Waals surface area (Å²) < 4.78 is 30.9. The molecule has 0 spiro atoms. The Kier molecular flexibility index (Phi) is 5.96. The van der Waals surface area contributed by atoms with Gasteiger partial charge in [0.25, 0.3) is 5.91 Å². The van der Waals surface area contributed by atoms with Crippen LogP contribution in [0, 0.1) is 12.8 Å². The monoisotopic (exact) mass is 347 g/mol. The number of methoxy groups -OCH3 is 1. The van der Waals surface area contributed by atoms with Crippen LogP contribution < -0.4 is 4.72 Å². The van der Waals surface area contributed by atoms with Crippen molar-refractivity contribution in [3.05, 3.63) is 34.3 Å². The molecule has 22 heavy (non-hydrogen) atoms. The normalized spacial score (nSPS) is 14.0. The molecule has 0 saturated carbocycles. The zero-order valence-corrected chi connectivity index (χ0v) is 14.3. The number of hydrogen-bond donors (Lipinski definition) is 1. The van der Waals surface area contributed by atoms with Crippen LogP contribution in [0.4, 0.5) is 0 Å². The van der Waals surface area contributed by atoms with Gasteiger partial charge >= 0.3 is 5.97 Å². The van der Waals surface area contributed by atoms with Gasteiger partial charge in [-0.2, -0.15) is 0 Å². The van der Waals surface area contributed by atoms with Gasteiger partial charge in [0.05, 0.1) is 18.3 Å². The number of sulfonamides is 1. The van der Waals surface area contributed by atoms with E-state index in [1.807, 2.05) is 4.72 Å². The van der Waals surface area contributed by atoms with Crippen LogP contribution in [0.2, 0.25) is 5.02 Å². The van der Waals surface area contributed by atoms with Gasteiger partial charge in [-0.1, -0.05) is 18.5 Å². The van der Waals surface area contributed by atoms with Crippen LogP contribution in [0.15, 0.2) is 18.2 Å². The molecule has 0 aromatic heterocycles. The van der Waals surface area contributed by atoms with Gasteiger partial charge in [0.2, 0.25) is 10.0 Å².